The minimum Gasteiger partial charge on any atom is -0.426 e. The zero-order valence-electron chi connectivity index (χ0n) is 8.98. The molecule has 0 aliphatic heterocycles. The van der Waals surface area contributed by atoms with Gasteiger partial charge in [-0.25, -0.2) is 0 Å². The van der Waals surface area contributed by atoms with E-state index in [0.717, 1.165) is 0 Å². The Labute approximate surface area is 97.9 Å². The summed E-state index contributed by atoms with van der Waals surface area (Å²) >= 11 is 0. The number of hydrogen-bond acceptors (Lipinski definition) is 4. The Morgan fingerprint density at radius 2 is 2.06 bits per heavy atom. The van der Waals surface area contributed by atoms with Crippen LogP contribution in [0.25, 0.3) is 0 Å². The molecule has 1 aliphatic carbocycles. The van der Waals surface area contributed by atoms with Crippen molar-refractivity contribution in [3.8, 4) is 5.75 Å². The molecule has 17 heavy (non-hydrogen) atoms. The van der Waals surface area contributed by atoms with Gasteiger partial charge in [-0.05, 0) is 12.1 Å². The van der Waals surface area contributed by atoms with Crippen LogP contribution in [-0.2, 0) is 4.79 Å². The van der Waals surface area contributed by atoms with Gasteiger partial charge >= 0.3 is 5.97 Å². The number of nitrogens with zero attached hydrogens (tertiary/aromatic N) is 1. The van der Waals surface area contributed by atoms with Crippen molar-refractivity contribution in [1.29, 1.82) is 0 Å². The molecule has 1 aromatic rings. The zero-order chi connectivity index (χ0) is 12.3. The highest BCUT2D eigenvalue weighted by molar-refractivity contribution is 5.78. The second-order valence-electron chi connectivity index (χ2n) is 3.78. The molecule has 5 heteroatoms. The van der Waals surface area contributed by atoms with E-state index in [1.165, 1.54) is 0 Å². The Morgan fingerprint density at radius 3 is 2.71 bits per heavy atom. The van der Waals surface area contributed by atoms with Gasteiger partial charge in [-0.2, -0.15) is 0 Å². The molecule has 0 spiro atoms. The van der Waals surface area contributed by atoms with Crippen molar-refractivity contribution < 1.29 is 14.5 Å². The fourth-order valence-corrected chi connectivity index (χ4v) is 1.77. The van der Waals surface area contributed by atoms with E-state index in [4.69, 9.17) is 4.74 Å². The average Bonchev–Trinajstić information content (AvgIpc) is 2.79. The van der Waals surface area contributed by atoms with Gasteiger partial charge in [-0.1, -0.05) is 30.4 Å². The van der Waals surface area contributed by atoms with E-state index in [1.807, 2.05) is 0 Å². The normalized spacial score (nSPS) is 22.4. The second-order valence-corrected chi connectivity index (χ2v) is 3.78. The number of hydrogen-bond donors (Lipinski definition) is 0. The predicted molar refractivity (Wildman–Crippen MR) is 60.1 cm³/mol. The molecule has 0 heterocycles. The number of ether oxygens (including phenoxy) is 1. The number of carbonyl (C=O) groups is 1. The molecule has 0 radical (unpaired) electrons. The smallest absolute Gasteiger partial charge is 0.325 e. The summed E-state index contributed by atoms with van der Waals surface area (Å²) in [5.41, 5.74) is 0. The number of nitro groups is 1. The average molecular weight is 233 g/mol. The van der Waals surface area contributed by atoms with Gasteiger partial charge in [-0.15, -0.1) is 0 Å². The fourth-order valence-electron chi connectivity index (χ4n) is 1.77. The van der Waals surface area contributed by atoms with E-state index < -0.39 is 22.9 Å². The lowest BCUT2D eigenvalue weighted by Gasteiger charge is -2.11. The summed E-state index contributed by atoms with van der Waals surface area (Å²) in [7, 11) is 0. The van der Waals surface area contributed by atoms with Gasteiger partial charge in [0.15, 0.2) is 0 Å². The van der Waals surface area contributed by atoms with Gasteiger partial charge in [0.25, 0.3) is 0 Å². The van der Waals surface area contributed by atoms with Crippen molar-refractivity contribution in [1.82, 2.24) is 0 Å². The first kappa shape index (κ1) is 11.3. The van der Waals surface area contributed by atoms with Gasteiger partial charge in [0.1, 0.15) is 11.7 Å². The molecule has 2 rings (SSSR count). The lowest BCUT2D eigenvalue weighted by Crippen LogP contribution is -2.32. The number of para-hydroxylation sites is 1. The molecule has 0 N–H and O–H groups in total. The third-order valence-electron chi connectivity index (χ3n) is 2.64. The van der Waals surface area contributed by atoms with Crippen LogP contribution in [0, 0.1) is 16.0 Å². The van der Waals surface area contributed by atoms with Crippen molar-refractivity contribution in [2.75, 3.05) is 0 Å². The molecule has 0 amide bonds. The van der Waals surface area contributed by atoms with Crippen LogP contribution in [0.3, 0.4) is 0 Å². The Kier molecular flexibility index (Phi) is 3.18. The minimum atomic E-state index is -0.897. The quantitative estimate of drug-likeness (QED) is 0.262. The van der Waals surface area contributed by atoms with Crippen LogP contribution in [0.2, 0.25) is 0 Å². The SMILES string of the molecule is O=C(Oc1ccccc1)C1C=CCC1[N+](=O)[O-]. The molecule has 2 unspecified atom stereocenters. The number of rotatable bonds is 3. The summed E-state index contributed by atoms with van der Waals surface area (Å²) in [6.07, 6.45) is 3.46. The van der Waals surface area contributed by atoms with Crippen LogP contribution in [0.5, 0.6) is 5.75 Å². The number of benzene rings is 1. The molecule has 0 fully saturated rings. The molecular formula is C12H11NO4. The van der Waals surface area contributed by atoms with Crippen molar-refractivity contribution in [2.24, 2.45) is 5.92 Å². The lowest BCUT2D eigenvalue weighted by molar-refractivity contribution is -0.524. The van der Waals surface area contributed by atoms with Crippen LogP contribution in [0.4, 0.5) is 0 Å². The first-order valence-corrected chi connectivity index (χ1v) is 5.25. The topological polar surface area (TPSA) is 69.4 Å². The lowest BCUT2D eigenvalue weighted by atomic mass is 10.1. The van der Waals surface area contributed by atoms with Crippen LogP contribution in [-0.4, -0.2) is 16.9 Å². The van der Waals surface area contributed by atoms with E-state index in [2.05, 4.69) is 0 Å². The van der Waals surface area contributed by atoms with Gasteiger partial charge in [0.2, 0.25) is 6.04 Å². The van der Waals surface area contributed by atoms with Crippen molar-refractivity contribution in [3.63, 3.8) is 0 Å². The maximum absolute atomic E-state index is 11.8. The number of carbonyl (C=O) groups excluding carboxylic acids is 1. The maximum Gasteiger partial charge on any atom is 0.325 e. The summed E-state index contributed by atoms with van der Waals surface area (Å²) in [4.78, 5) is 22.0. The van der Waals surface area contributed by atoms with Crippen molar-refractivity contribution in [2.45, 2.75) is 12.5 Å². The van der Waals surface area contributed by atoms with Gasteiger partial charge in [-0.3, -0.25) is 14.9 Å². The molecule has 0 saturated carbocycles. The third kappa shape index (κ3) is 2.50. The van der Waals surface area contributed by atoms with Gasteiger partial charge in [0.05, 0.1) is 0 Å². The summed E-state index contributed by atoms with van der Waals surface area (Å²) in [5, 5.41) is 10.7. The summed E-state index contributed by atoms with van der Waals surface area (Å²) < 4.78 is 5.08. The van der Waals surface area contributed by atoms with Crippen molar-refractivity contribution >= 4 is 5.97 Å². The Balaban J connectivity index is 2.05. The Bertz CT molecular complexity index is 455. The van der Waals surface area contributed by atoms with E-state index in [9.17, 15) is 14.9 Å². The molecule has 0 aromatic heterocycles. The van der Waals surface area contributed by atoms with Gasteiger partial charge in [0, 0.05) is 11.3 Å². The largest absolute Gasteiger partial charge is 0.426 e. The zero-order valence-corrected chi connectivity index (χ0v) is 8.98. The third-order valence-corrected chi connectivity index (χ3v) is 2.64. The first-order valence-electron chi connectivity index (χ1n) is 5.25. The minimum absolute atomic E-state index is 0.279. The summed E-state index contributed by atoms with van der Waals surface area (Å²) in [6, 6.07) is 7.64. The number of esters is 1. The molecular weight excluding hydrogens is 222 g/mol. The highest BCUT2D eigenvalue weighted by Crippen LogP contribution is 2.23. The summed E-state index contributed by atoms with van der Waals surface area (Å²) in [6.45, 7) is 0. The fraction of sp³-hybridized carbons (Fsp3) is 0.250. The van der Waals surface area contributed by atoms with Crippen molar-refractivity contribution in [3.05, 3.63) is 52.6 Å². The first-order chi connectivity index (χ1) is 8.18. The molecule has 0 bridgehead atoms. The Morgan fingerprint density at radius 1 is 1.35 bits per heavy atom. The maximum atomic E-state index is 11.8. The molecule has 1 aromatic carbocycles. The summed E-state index contributed by atoms with van der Waals surface area (Å²) in [5.74, 6) is -0.961. The molecule has 5 nitrogen and oxygen atoms in total. The van der Waals surface area contributed by atoms with Crippen LogP contribution < -0.4 is 4.74 Å². The molecule has 1 aliphatic rings. The highest BCUT2D eigenvalue weighted by atomic mass is 16.6. The van der Waals surface area contributed by atoms with E-state index in [1.54, 1.807) is 42.5 Å². The molecule has 2 atom stereocenters. The standard InChI is InChI=1S/C12H11NO4/c14-12(17-9-5-2-1-3-6-9)10-7-4-8-11(10)13(15)16/h1-7,10-11H,8H2. The van der Waals surface area contributed by atoms with Crippen LogP contribution in [0.15, 0.2) is 42.5 Å². The molecule has 88 valence electrons. The van der Waals surface area contributed by atoms with E-state index in [0.29, 0.717) is 5.75 Å². The van der Waals surface area contributed by atoms with Crippen LogP contribution in [0.1, 0.15) is 6.42 Å². The molecule has 0 saturated heterocycles. The highest BCUT2D eigenvalue weighted by Gasteiger charge is 2.39. The Hall–Kier alpha value is -2.17. The van der Waals surface area contributed by atoms with Gasteiger partial charge < -0.3 is 4.74 Å². The monoisotopic (exact) mass is 233 g/mol. The van der Waals surface area contributed by atoms with E-state index >= 15 is 0 Å². The predicted octanol–water partition coefficient (Wildman–Crippen LogP) is 1.81. The van der Waals surface area contributed by atoms with Crippen LogP contribution >= 0.6 is 0 Å². The second kappa shape index (κ2) is 4.78. The van der Waals surface area contributed by atoms with E-state index in [-0.39, 0.29) is 6.42 Å².